The van der Waals surface area contributed by atoms with Gasteiger partial charge in [-0.15, -0.1) is 0 Å². The summed E-state index contributed by atoms with van der Waals surface area (Å²) in [6.45, 7) is 1.05. The van der Waals surface area contributed by atoms with E-state index in [1.807, 2.05) is 4.68 Å². The van der Waals surface area contributed by atoms with Gasteiger partial charge in [-0.1, -0.05) is 6.07 Å². The Hall–Kier alpha value is -3.30. The third-order valence-electron chi connectivity index (χ3n) is 5.78. The highest BCUT2D eigenvalue weighted by atomic mass is 19.1. The Balaban J connectivity index is 1.57. The molecule has 0 bridgehead atoms. The van der Waals surface area contributed by atoms with Crippen molar-refractivity contribution in [1.29, 1.82) is 0 Å². The summed E-state index contributed by atoms with van der Waals surface area (Å²) >= 11 is 0. The molecule has 2 aliphatic rings. The van der Waals surface area contributed by atoms with E-state index < -0.39 is 35.0 Å². The maximum atomic E-state index is 14.1. The molecule has 170 valence electrons. The second-order valence-corrected chi connectivity index (χ2v) is 8.05. The van der Waals surface area contributed by atoms with Crippen LogP contribution >= 0.6 is 0 Å². The number of ether oxygens (including phenoxy) is 1. The normalized spacial score (nSPS) is 15.3. The van der Waals surface area contributed by atoms with Crippen molar-refractivity contribution in [2.24, 2.45) is 5.92 Å². The van der Waals surface area contributed by atoms with Crippen LogP contribution in [0, 0.1) is 17.6 Å². The Morgan fingerprint density at radius 3 is 2.59 bits per heavy atom. The summed E-state index contributed by atoms with van der Waals surface area (Å²) in [7, 11) is 1.27. The first-order valence-electron chi connectivity index (χ1n) is 10.6. The van der Waals surface area contributed by atoms with Gasteiger partial charge in [-0.3, -0.25) is 19.1 Å². The quantitative estimate of drug-likeness (QED) is 0.658. The van der Waals surface area contributed by atoms with Crippen LogP contribution in [0.3, 0.4) is 0 Å². The number of methoxy groups -OCH3 is 1. The molecule has 8 nitrogen and oxygen atoms in total. The van der Waals surface area contributed by atoms with Gasteiger partial charge in [-0.2, -0.15) is 5.10 Å². The van der Waals surface area contributed by atoms with Crippen LogP contribution in [-0.2, 0) is 29.0 Å². The predicted octanol–water partition coefficient (Wildman–Crippen LogP) is 2.06. The number of carbonyl (C=O) groups is 3. The molecule has 10 heteroatoms. The SMILES string of the molecule is COC(=O)CCNC(=O)c1nn(CC2CC2)c2c1CN(C(=O)c1c(F)cccc1F)CC2. The van der Waals surface area contributed by atoms with Crippen molar-refractivity contribution in [3.05, 3.63) is 52.3 Å². The van der Waals surface area contributed by atoms with Crippen molar-refractivity contribution >= 4 is 17.8 Å². The number of aromatic nitrogens is 2. The number of hydrogen-bond donors (Lipinski definition) is 1. The smallest absolute Gasteiger partial charge is 0.307 e. The lowest BCUT2D eigenvalue weighted by Gasteiger charge is -2.28. The lowest BCUT2D eigenvalue weighted by molar-refractivity contribution is -0.140. The van der Waals surface area contributed by atoms with E-state index in [0.717, 1.165) is 30.7 Å². The van der Waals surface area contributed by atoms with E-state index in [9.17, 15) is 23.2 Å². The summed E-state index contributed by atoms with van der Waals surface area (Å²) in [4.78, 5) is 38.3. The second kappa shape index (κ2) is 9.05. The topological polar surface area (TPSA) is 93.5 Å². The number of nitrogens with zero attached hydrogens (tertiary/aromatic N) is 3. The van der Waals surface area contributed by atoms with Crippen molar-refractivity contribution < 1.29 is 27.9 Å². The Labute approximate surface area is 183 Å². The molecule has 2 heterocycles. The molecule has 0 saturated heterocycles. The summed E-state index contributed by atoms with van der Waals surface area (Å²) in [6.07, 6.45) is 2.65. The fraction of sp³-hybridized carbons (Fsp3) is 0.455. The van der Waals surface area contributed by atoms with Crippen LogP contribution in [0.2, 0.25) is 0 Å². The van der Waals surface area contributed by atoms with Gasteiger partial charge < -0.3 is 15.0 Å². The lowest BCUT2D eigenvalue weighted by Crippen LogP contribution is -2.38. The maximum Gasteiger partial charge on any atom is 0.307 e. The molecular formula is C22H24F2N4O4. The number of fused-ring (bicyclic) bond motifs is 1. The third kappa shape index (κ3) is 4.49. The number of amides is 2. The number of rotatable bonds is 7. The van der Waals surface area contributed by atoms with Gasteiger partial charge in [0.15, 0.2) is 5.69 Å². The van der Waals surface area contributed by atoms with Gasteiger partial charge in [-0.25, -0.2) is 8.78 Å². The van der Waals surface area contributed by atoms with Gasteiger partial charge >= 0.3 is 5.97 Å². The standard InChI is InChI=1S/C22H24F2N4O4/c1-32-18(29)7-9-25-21(30)20-14-12-27(22(31)19-15(23)3-2-4-16(19)24)10-8-17(14)28(26-20)11-13-5-6-13/h2-4,13H,5-12H2,1H3,(H,25,30). The lowest BCUT2D eigenvalue weighted by atomic mass is 10.0. The number of hydrogen-bond acceptors (Lipinski definition) is 5. The summed E-state index contributed by atoms with van der Waals surface area (Å²) in [5.41, 5.74) is 0.980. The zero-order valence-corrected chi connectivity index (χ0v) is 17.7. The third-order valence-corrected chi connectivity index (χ3v) is 5.78. The molecule has 0 unspecified atom stereocenters. The molecule has 32 heavy (non-hydrogen) atoms. The summed E-state index contributed by atoms with van der Waals surface area (Å²) < 4.78 is 34.7. The molecule has 1 aromatic heterocycles. The Morgan fingerprint density at radius 2 is 1.94 bits per heavy atom. The van der Waals surface area contributed by atoms with E-state index in [0.29, 0.717) is 24.4 Å². The fourth-order valence-electron chi connectivity index (χ4n) is 3.87. The summed E-state index contributed by atoms with van der Waals surface area (Å²) in [6, 6.07) is 3.29. The summed E-state index contributed by atoms with van der Waals surface area (Å²) in [5.74, 6) is -3.02. The molecule has 1 aliphatic heterocycles. The second-order valence-electron chi connectivity index (χ2n) is 8.05. The van der Waals surface area contributed by atoms with Crippen molar-refractivity contribution in [2.75, 3.05) is 20.2 Å². The zero-order chi connectivity index (χ0) is 22.8. The highest BCUT2D eigenvalue weighted by molar-refractivity contribution is 5.96. The van der Waals surface area contributed by atoms with E-state index in [1.165, 1.54) is 18.1 Å². The minimum absolute atomic E-state index is 0.0182. The molecular weight excluding hydrogens is 422 g/mol. The molecule has 2 aromatic rings. The van der Waals surface area contributed by atoms with Crippen LogP contribution in [0.1, 0.15) is 51.4 Å². The predicted molar refractivity (Wildman–Crippen MR) is 109 cm³/mol. The van der Waals surface area contributed by atoms with Crippen LogP contribution < -0.4 is 5.32 Å². The first kappa shape index (κ1) is 21.9. The number of benzene rings is 1. The van der Waals surface area contributed by atoms with Crippen LogP contribution in [0.25, 0.3) is 0 Å². The Morgan fingerprint density at radius 1 is 1.22 bits per heavy atom. The zero-order valence-electron chi connectivity index (χ0n) is 17.7. The van der Waals surface area contributed by atoms with Gasteiger partial charge in [0, 0.05) is 37.3 Å². The number of carbonyl (C=O) groups excluding carboxylic acids is 3. The van der Waals surface area contributed by atoms with E-state index in [1.54, 1.807) is 0 Å². The van der Waals surface area contributed by atoms with Crippen molar-refractivity contribution in [2.45, 2.75) is 38.8 Å². The average molecular weight is 446 g/mol. The molecule has 2 amide bonds. The molecule has 4 rings (SSSR count). The van der Waals surface area contributed by atoms with Gasteiger partial charge in [-0.05, 0) is 30.9 Å². The first-order chi connectivity index (χ1) is 15.4. The average Bonchev–Trinajstić information content (AvgIpc) is 3.52. The molecule has 1 saturated carbocycles. The van der Waals surface area contributed by atoms with E-state index in [2.05, 4.69) is 15.2 Å². The van der Waals surface area contributed by atoms with Gasteiger partial charge in [0.2, 0.25) is 0 Å². The Kier molecular flexibility index (Phi) is 6.20. The Bertz CT molecular complexity index is 1040. The largest absolute Gasteiger partial charge is 0.469 e. The van der Waals surface area contributed by atoms with Crippen LogP contribution in [0.15, 0.2) is 18.2 Å². The number of esters is 1. The fourth-order valence-corrected chi connectivity index (χ4v) is 3.87. The van der Waals surface area contributed by atoms with E-state index in [4.69, 9.17) is 0 Å². The number of nitrogens with one attached hydrogen (secondary N) is 1. The van der Waals surface area contributed by atoms with Crippen molar-refractivity contribution in [1.82, 2.24) is 20.0 Å². The first-order valence-corrected chi connectivity index (χ1v) is 10.6. The van der Waals surface area contributed by atoms with E-state index in [-0.39, 0.29) is 31.7 Å². The minimum atomic E-state index is -0.925. The molecule has 1 aromatic carbocycles. The van der Waals surface area contributed by atoms with E-state index >= 15 is 0 Å². The van der Waals surface area contributed by atoms with Gasteiger partial charge in [0.25, 0.3) is 11.8 Å². The van der Waals surface area contributed by atoms with Crippen molar-refractivity contribution in [3.8, 4) is 0 Å². The number of halogens is 2. The van der Waals surface area contributed by atoms with Gasteiger partial charge in [0.1, 0.15) is 17.2 Å². The highest BCUT2D eigenvalue weighted by Gasteiger charge is 2.33. The molecule has 0 spiro atoms. The van der Waals surface area contributed by atoms with Crippen LogP contribution in [0.5, 0.6) is 0 Å². The molecule has 1 N–H and O–H groups in total. The van der Waals surface area contributed by atoms with Gasteiger partial charge in [0.05, 0.1) is 20.1 Å². The molecule has 1 aliphatic carbocycles. The minimum Gasteiger partial charge on any atom is -0.469 e. The van der Waals surface area contributed by atoms with Crippen LogP contribution in [0.4, 0.5) is 8.78 Å². The molecule has 1 fully saturated rings. The molecule has 0 atom stereocenters. The monoisotopic (exact) mass is 446 g/mol. The van der Waals surface area contributed by atoms with Crippen LogP contribution in [-0.4, -0.2) is 52.7 Å². The highest BCUT2D eigenvalue weighted by Crippen LogP contribution is 2.33. The summed E-state index contributed by atoms with van der Waals surface area (Å²) in [5, 5.41) is 7.15. The maximum absolute atomic E-state index is 14.1. The molecule has 0 radical (unpaired) electrons. The van der Waals surface area contributed by atoms with Crippen molar-refractivity contribution in [3.63, 3.8) is 0 Å².